The number of hydrogen-bond donors (Lipinski definition) is 1. The molecule has 0 bridgehead atoms. The van der Waals surface area contributed by atoms with Crippen molar-refractivity contribution in [3.8, 4) is 0 Å². The Morgan fingerprint density at radius 1 is 1.38 bits per heavy atom. The normalized spacial score (nSPS) is 17.5. The van der Waals surface area contributed by atoms with E-state index in [1.165, 1.54) is 5.69 Å². The maximum Gasteiger partial charge on any atom is 0.0737 e. The number of halogens is 1. The van der Waals surface area contributed by atoms with Crippen LogP contribution in [0, 0.1) is 5.41 Å². The number of nitrogens with two attached hydrogens (primary N) is 1. The molecule has 0 radical (unpaired) electrons. The first-order valence-corrected chi connectivity index (χ1v) is 8.97. The summed E-state index contributed by atoms with van der Waals surface area (Å²) in [6.45, 7) is 7.97. The van der Waals surface area contributed by atoms with E-state index in [0.717, 1.165) is 55.1 Å². The van der Waals surface area contributed by atoms with Gasteiger partial charge in [-0.25, -0.2) is 0 Å². The van der Waals surface area contributed by atoms with Crippen molar-refractivity contribution >= 4 is 28.2 Å². The van der Waals surface area contributed by atoms with E-state index in [-0.39, 0.29) is 11.5 Å². The van der Waals surface area contributed by atoms with Gasteiger partial charge >= 0.3 is 0 Å². The van der Waals surface area contributed by atoms with Crippen LogP contribution in [-0.4, -0.2) is 37.3 Å². The van der Waals surface area contributed by atoms with E-state index in [4.69, 9.17) is 22.1 Å². The lowest BCUT2D eigenvalue weighted by atomic mass is 9.87. The molecule has 130 valence electrons. The van der Waals surface area contributed by atoms with Crippen molar-refractivity contribution in [2.45, 2.75) is 32.7 Å². The third-order valence-corrected chi connectivity index (χ3v) is 4.82. The topological polar surface area (TPSA) is 51.4 Å². The maximum atomic E-state index is 6.12. The van der Waals surface area contributed by atoms with Crippen LogP contribution in [0.3, 0.4) is 0 Å². The average Bonchev–Trinajstić information content (AvgIpc) is 2.51. The van der Waals surface area contributed by atoms with Gasteiger partial charge < -0.3 is 15.4 Å². The van der Waals surface area contributed by atoms with Crippen LogP contribution in [0.1, 0.15) is 26.7 Å². The summed E-state index contributed by atoms with van der Waals surface area (Å²) in [5, 5.41) is 1.86. The zero-order chi connectivity index (χ0) is 17.2. The Morgan fingerprint density at radius 3 is 2.83 bits per heavy atom. The molecule has 0 spiro atoms. The first-order chi connectivity index (χ1) is 11.5. The molecule has 2 aromatic rings. The highest BCUT2D eigenvalue weighted by atomic mass is 35.5. The van der Waals surface area contributed by atoms with Crippen molar-refractivity contribution in [1.82, 2.24) is 4.98 Å². The number of ether oxygens (including phenoxy) is 1. The monoisotopic (exact) mass is 347 g/mol. The molecule has 0 saturated carbocycles. The summed E-state index contributed by atoms with van der Waals surface area (Å²) in [7, 11) is 0. The fraction of sp³-hybridized carbons (Fsp3) is 0.526. The molecular weight excluding hydrogens is 322 g/mol. The van der Waals surface area contributed by atoms with E-state index >= 15 is 0 Å². The van der Waals surface area contributed by atoms with Crippen LogP contribution in [0.5, 0.6) is 0 Å². The van der Waals surface area contributed by atoms with Crippen molar-refractivity contribution in [3.63, 3.8) is 0 Å². The third-order valence-electron chi connectivity index (χ3n) is 4.58. The van der Waals surface area contributed by atoms with Crippen LogP contribution in [0.2, 0.25) is 5.02 Å². The Balaban J connectivity index is 1.88. The summed E-state index contributed by atoms with van der Waals surface area (Å²) in [6, 6.07) is 8.27. The third kappa shape index (κ3) is 4.00. The standard InChI is InChI=1S/C19H26ClN3O/c1-14(21)4-3-9-23(11-19(2)12-24-13-19)18-7-8-22-17-10-15(20)5-6-16(17)18/h5-8,10,14H,3-4,9,11-13,21H2,1-2H3. The molecule has 5 heteroatoms. The number of benzene rings is 1. The zero-order valence-electron chi connectivity index (χ0n) is 14.5. The quantitative estimate of drug-likeness (QED) is 0.826. The number of pyridine rings is 1. The number of rotatable bonds is 7. The van der Waals surface area contributed by atoms with Crippen LogP contribution >= 0.6 is 11.6 Å². The molecule has 1 aromatic heterocycles. The first-order valence-electron chi connectivity index (χ1n) is 8.59. The van der Waals surface area contributed by atoms with Gasteiger partial charge in [0.05, 0.1) is 18.7 Å². The largest absolute Gasteiger partial charge is 0.380 e. The van der Waals surface area contributed by atoms with Crippen molar-refractivity contribution in [2.24, 2.45) is 11.1 Å². The molecule has 2 heterocycles. The summed E-state index contributed by atoms with van der Waals surface area (Å²) >= 11 is 6.12. The predicted octanol–water partition coefficient (Wildman–Crippen LogP) is 3.86. The van der Waals surface area contributed by atoms with E-state index in [9.17, 15) is 0 Å². The molecule has 1 saturated heterocycles. The van der Waals surface area contributed by atoms with Crippen molar-refractivity contribution in [1.29, 1.82) is 0 Å². The SMILES string of the molecule is CC(N)CCCN(CC1(C)COC1)c1ccnc2cc(Cl)ccc12. The number of aromatic nitrogens is 1. The Morgan fingerprint density at radius 2 is 2.17 bits per heavy atom. The van der Waals surface area contributed by atoms with Gasteiger partial charge in [-0.1, -0.05) is 18.5 Å². The van der Waals surface area contributed by atoms with E-state index in [0.29, 0.717) is 0 Å². The minimum absolute atomic E-state index is 0.219. The first kappa shape index (κ1) is 17.5. The van der Waals surface area contributed by atoms with E-state index in [1.807, 2.05) is 18.3 Å². The summed E-state index contributed by atoms with van der Waals surface area (Å²) in [6.07, 6.45) is 3.97. The second-order valence-electron chi connectivity index (χ2n) is 7.34. The van der Waals surface area contributed by atoms with Gasteiger partial charge in [0, 0.05) is 46.8 Å². The van der Waals surface area contributed by atoms with Crippen LogP contribution < -0.4 is 10.6 Å². The molecule has 0 amide bonds. The molecule has 1 atom stereocenters. The molecule has 1 aliphatic rings. The minimum atomic E-state index is 0.219. The number of anilines is 1. The van der Waals surface area contributed by atoms with Gasteiger partial charge in [-0.2, -0.15) is 0 Å². The van der Waals surface area contributed by atoms with Crippen LogP contribution in [0.25, 0.3) is 10.9 Å². The van der Waals surface area contributed by atoms with Crippen molar-refractivity contribution < 1.29 is 4.74 Å². The number of fused-ring (bicyclic) bond motifs is 1. The van der Waals surface area contributed by atoms with Gasteiger partial charge in [-0.3, -0.25) is 4.98 Å². The van der Waals surface area contributed by atoms with Crippen LogP contribution in [0.15, 0.2) is 30.5 Å². The second kappa shape index (κ2) is 7.26. The Kier molecular flexibility index (Phi) is 5.28. The minimum Gasteiger partial charge on any atom is -0.380 e. The van der Waals surface area contributed by atoms with Crippen LogP contribution in [0.4, 0.5) is 5.69 Å². The highest BCUT2D eigenvalue weighted by molar-refractivity contribution is 6.31. The molecular formula is C19H26ClN3O. The smallest absolute Gasteiger partial charge is 0.0737 e. The van der Waals surface area contributed by atoms with Crippen molar-refractivity contribution in [2.75, 3.05) is 31.2 Å². The van der Waals surface area contributed by atoms with E-state index in [2.05, 4.69) is 35.9 Å². The molecule has 1 aromatic carbocycles. The maximum absolute atomic E-state index is 6.12. The molecule has 0 aliphatic carbocycles. The predicted molar refractivity (Wildman–Crippen MR) is 101 cm³/mol. The molecule has 1 fully saturated rings. The van der Waals surface area contributed by atoms with Gasteiger partial charge in [-0.15, -0.1) is 0 Å². The fourth-order valence-electron chi connectivity index (χ4n) is 3.27. The number of hydrogen-bond acceptors (Lipinski definition) is 4. The molecule has 4 nitrogen and oxygen atoms in total. The molecule has 24 heavy (non-hydrogen) atoms. The Bertz CT molecular complexity index is 700. The van der Waals surface area contributed by atoms with E-state index in [1.54, 1.807) is 0 Å². The summed E-state index contributed by atoms with van der Waals surface area (Å²) in [5.41, 5.74) is 8.30. The fourth-order valence-corrected chi connectivity index (χ4v) is 3.44. The highest BCUT2D eigenvalue weighted by Crippen LogP contribution is 2.33. The van der Waals surface area contributed by atoms with E-state index < -0.39 is 0 Å². The molecule has 2 N–H and O–H groups in total. The molecule has 1 aliphatic heterocycles. The Labute approximate surface area is 148 Å². The van der Waals surface area contributed by atoms with Gasteiger partial charge in [-0.05, 0) is 44.0 Å². The lowest BCUT2D eigenvalue weighted by Gasteiger charge is -2.43. The summed E-state index contributed by atoms with van der Waals surface area (Å²) in [5.74, 6) is 0. The van der Waals surface area contributed by atoms with Crippen molar-refractivity contribution in [3.05, 3.63) is 35.5 Å². The lowest BCUT2D eigenvalue weighted by Crippen LogP contribution is -2.49. The zero-order valence-corrected chi connectivity index (χ0v) is 15.2. The van der Waals surface area contributed by atoms with Gasteiger partial charge in [0.15, 0.2) is 0 Å². The highest BCUT2D eigenvalue weighted by Gasteiger charge is 2.35. The second-order valence-corrected chi connectivity index (χ2v) is 7.77. The summed E-state index contributed by atoms with van der Waals surface area (Å²) < 4.78 is 5.44. The van der Waals surface area contributed by atoms with Gasteiger partial charge in [0.2, 0.25) is 0 Å². The summed E-state index contributed by atoms with van der Waals surface area (Å²) in [4.78, 5) is 6.93. The lowest BCUT2D eigenvalue weighted by molar-refractivity contribution is -0.0956. The Hall–Kier alpha value is -1.36. The van der Waals surface area contributed by atoms with Gasteiger partial charge in [0.25, 0.3) is 0 Å². The number of nitrogens with zero attached hydrogens (tertiary/aromatic N) is 2. The van der Waals surface area contributed by atoms with Gasteiger partial charge in [0.1, 0.15) is 0 Å². The van der Waals surface area contributed by atoms with Crippen LogP contribution in [-0.2, 0) is 4.74 Å². The molecule has 3 rings (SSSR count). The molecule has 1 unspecified atom stereocenters. The average molecular weight is 348 g/mol.